The third-order valence-electron chi connectivity index (χ3n) is 8.06. The number of carboxylic acids is 1. The van der Waals surface area contributed by atoms with E-state index in [0.717, 1.165) is 16.7 Å². The number of nitrogens with zero attached hydrogens (tertiary/aromatic N) is 4. The number of carbonyl (C=O) groups excluding carboxylic acids is 1. The molecule has 4 aromatic carbocycles. The van der Waals surface area contributed by atoms with E-state index in [4.69, 9.17) is 0 Å². The van der Waals surface area contributed by atoms with Crippen molar-refractivity contribution < 1.29 is 14.7 Å². The molecule has 50 heavy (non-hydrogen) atoms. The fraction of sp³-hybridized carbons (Fsp3) is 0.0769. The van der Waals surface area contributed by atoms with E-state index < -0.39 is 22.9 Å². The van der Waals surface area contributed by atoms with Crippen molar-refractivity contribution in [2.24, 2.45) is 0 Å². The number of H-pyrrole nitrogens is 2. The van der Waals surface area contributed by atoms with Crippen molar-refractivity contribution in [2.75, 3.05) is 0 Å². The Balaban J connectivity index is 1.17. The molecule has 2 aromatic heterocycles. The highest BCUT2D eigenvalue weighted by atomic mass is 16.4. The molecule has 6 rings (SSSR count). The van der Waals surface area contributed by atoms with Crippen LogP contribution in [0, 0.1) is 22.7 Å². The van der Waals surface area contributed by atoms with Gasteiger partial charge in [0.25, 0.3) is 11.1 Å². The summed E-state index contributed by atoms with van der Waals surface area (Å²) in [6.45, 7) is 0. The Kier molecular flexibility index (Phi) is 9.32. The van der Waals surface area contributed by atoms with Gasteiger partial charge in [0.2, 0.25) is 0 Å². The number of nitriles is 2. The maximum atomic E-state index is 12.9. The van der Waals surface area contributed by atoms with E-state index in [-0.39, 0.29) is 40.2 Å². The second kappa shape index (κ2) is 14.3. The molecule has 0 bridgehead atoms. The van der Waals surface area contributed by atoms with Crippen LogP contribution in [-0.4, -0.2) is 36.8 Å². The van der Waals surface area contributed by atoms with Gasteiger partial charge in [-0.1, -0.05) is 91.0 Å². The molecule has 11 heteroatoms. The van der Waals surface area contributed by atoms with Crippen LogP contribution in [-0.2, 0) is 19.3 Å². The summed E-state index contributed by atoms with van der Waals surface area (Å²) in [7, 11) is 0. The first kappa shape index (κ1) is 32.7. The van der Waals surface area contributed by atoms with Gasteiger partial charge >= 0.3 is 5.97 Å². The lowest BCUT2D eigenvalue weighted by molar-refractivity contribution is 0.0697. The number of aromatic amines is 2. The third kappa shape index (κ3) is 7.03. The number of hydrogen-bond donors (Lipinski definition) is 3. The zero-order chi connectivity index (χ0) is 35.2. The minimum absolute atomic E-state index is 0.0229. The van der Waals surface area contributed by atoms with E-state index in [1.807, 2.05) is 78.9 Å². The molecule has 0 saturated heterocycles. The Labute approximate surface area is 284 Å². The molecule has 0 unspecified atom stereocenters. The number of aromatic carboxylic acids is 1. The SMILES string of the molecule is N#Cc1c(-c2ccccc2)nc(CCc2ccc(-c3ccc(-c4nc(CC(=O)c5cccc(C(=O)O)c5)[nH]c(=O)c4C#N)cc3)cc2)[nH]c1=O. The number of nitrogens with one attached hydrogen (secondary N) is 2. The minimum Gasteiger partial charge on any atom is -0.478 e. The lowest BCUT2D eigenvalue weighted by Gasteiger charge is -2.09. The van der Waals surface area contributed by atoms with Crippen molar-refractivity contribution in [3.05, 3.63) is 163 Å². The van der Waals surface area contributed by atoms with Gasteiger partial charge in [0.05, 0.1) is 23.4 Å². The molecule has 0 saturated carbocycles. The highest BCUT2D eigenvalue weighted by Crippen LogP contribution is 2.26. The smallest absolute Gasteiger partial charge is 0.335 e. The van der Waals surface area contributed by atoms with Crippen molar-refractivity contribution in [3.63, 3.8) is 0 Å². The molecule has 0 fully saturated rings. The van der Waals surface area contributed by atoms with Gasteiger partial charge in [0.1, 0.15) is 34.9 Å². The molecule has 0 spiro atoms. The molecule has 0 radical (unpaired) electrons. The second-order valence-electron chi connectivity index (χ2n) is 11.3. The summed E-state index contributed by atoms with van der Waals surface area (Å²) in [6, 6.07) is 33.6. The first-order valence-corrected chi connectivity index (χ1v) is 15.4. The number of aromatic nitrogens is 4. The largest absolute Gasteiger partial charge is 0.478 e. The molecular weight excluding hydrogens is 632 g/mol. The molecule has 2 heterocycles. The number of carboxylic acid groups (broad SMARTS) is 1. The molecule has 6 aromatic rings. The highest BCUT2D eigenvalue weighted by Gasteiger charge is 2.18. The maximum absolute atomic E-state index is 12.9. The van der Waals surface area contributed by atoms with Gasteiger partial charge in [0.15, 0.2) is 5.78 Å². The Morgan fingerprint density at radius 1 is 0.620 bits per heavy atom. The molecule has 0 atom stereocenters. The average Bonchev–Trinajstić information content (AvgIpc) is 3.14. The van der Waals surface area contributed by atoms with Gasteiger partial charge in [-0.05, 0) is 35.2 Å². The lowest BCUT2D eigenvalue weighted by Crippen LogP contribution is -2.19. The van der Waals surface area contributed by atoms with Gasteiger partial charge in [-0.2, -0.15) is 10.5 Å². The van der Waals surface area contributed by atoms with Gasteiger partial charge in [0, 0.05) is 23.1 Å². The van der Waals surface area contributed by atoms with Crippen molar-refractivity contribution in [1.82, 2.24) is 19.9 Å². The monoisotopic (exact) mass is 658 g/mol. The van der Waals surface area contributed by atoms with Crippen LogP contribution in [0.3, 0.4) is 0 Å². The first-order valence-electron chi connectivity index (χ1n) is 15.4. The zero-order valence-electron chi connectivity index (χ0n) is 26.3. The van der Waals surface area contributed by atoms with E-state index in [1.165, 1.54) is 24.3 Å². The molecule has 0 aliphatic carbocycles. The van der Waals surface area contributed by atoms with Crippen LogP contribution in [0.2, 0.25) is 0 Å². The summed E-state index contributed by atoms with van der Waals surface area (Å²) in [4.78, 5) is 63.8. The van der Waals surface area contributed by atoms with E-state index in [1.54, 1.807) is 12.1 Å². The number of ketones is 1. The van der Waals surface area contributed by atoms with Crippen LogP contribution >= 0.6 is 0 Å². The van der Waals surface area contributed by atoms with Gasteiger partial charge < -0.3 is 15.1 Å². The number of hydrogen-bond acceptors (Lipinski definition) is 8. The summed E-state index contributed by atoms with van der Waals surface area (Å²) in [5.74, 6) is -1.08. The third-order valence-corrected chi connectivity index (χ3v) is 8.06. The molecule has 11 nitrogen and oxygen atoms in total. The van der Waals surface area contributed by atoms with Crippen molar-refractivity contribution >= 4 is 11.8 Å². The van der Waals surface area contributed by atoms with Gasteiger partial charge in [-0.3, -0.25) is 14.4 Å². The van der Waals surface area contributed by atoms with E-state index in [0.29, 0.717) is 35.5 Å². The summed E-state index contributed by atoms with van der Waals surface area (Å²) in [6.07, 6.45) is 0.762. The predicted molar refractivity (Wildman–Crippen MR) is 184 cm³/mol. The average molecular weight is 659 g/mol. The molecule has 0 aliphatic rings. The number of carbonyl (C=O) groups is 2. The summed E-state index contributed by atoms with van der Waals surface area (Å²) >= 11 is 0. The first-order chi connectivity index (χ1) is 24.2. The van der Waals surface area contributed by atoms with Crippen molar-refractivity contribution in [1.29, 1.82) is 10.5 Å². The highest BCUT2D eigenvalue weighted by molar-refractivity contribution is 5.99. The Morgan fingerprint density at radius 2 is 1.14 bits per heavy atom. The summed E-state index contributed by atoms with van der Waals surface area (Å²) in [5.41, 5.74) is 3.25. The number of rotatable bonds is 10. The van der Waals surface area contributed by atoms with Crippen molar-refractivity contribution in [2.45, 2.75) is 19.3 Å². The summed E-state index contributed by atoms with van der Waals surface area (Å²) < 4.78 is 0. The van der Waals surface area contributed by atoms with E-state index in [9.17, 15) is 34.8 Å². The number of Topliss-reactive ketones (excluding diaryl/α,β-unsaturated/α-hetero) is 1. The van der Waals surface area contributed by atoms with Crippen LogP contribution < -0.4 is 11.1 Å². The maximum Gasteiger partial charge on any atom is 0.335 e. The van der Waals surface area contributed by atoms with Crippen LogP contribution in [0.1, 0.15) is 49.1 Å². The lowest BCUT2D eigenvalue weighted by atomic mass is 9.99. The second-order valence-corrected chi connectivity index (χ2v) is 11.3. The molecule has 0 aliphatic heterocycles. The van der Waals surface area contributed by atoms with Crippen LogP contribution in [0.4, 0.5) is 0 Å². The predicted octanol–water partition coefficient (Wildman–Crippen LogP) is 5.51. The van der Waals surface area contributed by atoms with Crippen LogP contribution in [0.25, 0.3) is 33.6 Å². The Hall–Kier alpha value is -7.24. The normalized spacial score (nSPS) is 10.6. The quantitative estimate of drug-likeness (QED) is 0.159. The van der Waals surface area contributed by atoms with Gasteiger partial charge in [-0.15, -0.1) is 0 Å². The minimum atomic E-state index is -1.17. The molecule has 242 valence electrons. The van der Waals surface area contributed by atoms with Crippen LogP contribution in [0.15, 0.2) is 113 Å². The van der Waals surface area contributed by atoms with E-state index in [2.05, 4.69) is 19.9 Å². The van der Waals surface area contributed by atoms with E-state index >= 15 is 0 Å². The fourth-order valence-electron chi connectivity index (χ4n) is 5.49. The summed E-state index contributed by atoms with van der Waals surface area (Å²) in [5, 5.41) is 28.5. The fourth-order valence-corrected chi connectivity index (χ4v) is 5.49. The van der Waals surface area contributed by atoms with Crippen LogP contribution in [0.5, 0.6) is 0 Å². The van der Waals surface area contributed by atoms with Gasteiger partial charge in [-0.25, -0.2) is 14.8 Å². The number of benzene rings is 4. The Morgan fingerprint density at radius 3 is 1.74 bits per heavy atom. The topological polar surface area (TPSA) is 193 Å². The molecular formula is C39H26N6O5. The number of aryl methyl sites for hydroxylation is 2. The molecule has 0 amide bonds. The van der Waals surface area contributed by atoms with Crippen molar-refractivity contribution in [3.8, 4) is 45.8 Å². The standard InChI is InChI=1S/C39H26N6O5/c40-21-30-35(26-5-2-1-3-6-26)42-33(44-37(30)47)18-11-23-9-12-24(13-10-23)25-14-16-27(17-15-25)36-31(22-41)38(48)45-34(43-36)20-32(46)28-7-4-8-29(19-28)39(49)50/h1-10,12-17,19H,11,18,20H2,(H,49,50)(H,42,44,47)(H,43,45,48). The molecule has 3 N–H and O–H groups in total. The zero-order valence-corrected chi connectivity index (χ0v) is 26.3. The Bertz CT molecular complexity index is 2450.